The van der Waals surface area contributed by atoms with Crippen LogP contribution in [0.15, 0.2) is 182 Å². The van der Waals surface area contributed by atoms with Gasteiger partial charge in [-0.3, -0.25) is 0 Å². The number of esters is 1. The highest BCUT2D eigenvalue weighted by molar-refractivity contribution is 14.1. The van der Waals surface area contributed by atoms with Crippen LogP contribution in [0.4, 0.5) is 0 Å². The number of carbonyl (C=O) groups excluding carboxylic acids is 1. The predicted octanol–water partition coefficient (Wildman–Crippen LogP) is 9.96. The fourth-order valence-corrected chi connectivity index (χ4v) is 6.61. The van der Waals surface area contributed by atoms with Crippen LogP contribution in [0, 0.1) is 3.57 Å². The van der Waals surface area contributed by atoms with Gasteiger partial charge in [-0.05, 0) is 133 Å². The van der Waals surface area contributed by atoms with E-state index in [9.17, 15) is 9.59 Å². The van der Waals surface area contributed by atoms with Crippen LogP contribution < -0.4 is 14.9 Å². The number of benzene rings is 8. The molecule has 0 heterocycles. The molecule has 0 fully saturated rings. The lowest BCUT2D eigenvalue weighted by Crippen LogP contribution is -2.30. The first-order valence-corrected chi connectivity index (χ1v) is 19.7. The maximum atomic E-state index is 11.4. The fraction of sp³-hybridized carbons (Fsp3) is 0.0612. The van der Waals surface area contributed by atoms with Gasteiger partial charge in [-0.2, -0.15) is 0 Å². The van der Waals surface area contributed by atoms with Gasteiger partial charge in [0.1, 0.15) is 24.7 Å². The maximum Gasteiger partial charge on any atom is 0.489 e. The molecule has 10 heteroatoms. The lowest BCUT2D eigenvalue weighted by Gasteiger charge is -2.10. The largest absolute Gasteiger partial charge is 0.489 e. The van der Waals surface area contributed by atoms with Crippen molar-refractivity contribution in [2.45, 2.75) is 13.2 Å². The molecule has 8 rings (SSSR count). The third-order valence-corrected chi connectivity index (χ3v) is 9.92. The Morgan fingerprint density at radius 3 is 1.64 bits per heavy atom. The summed E-state index contributed by atoms with van der Waals surface area (Å²) < 4.78 is 17.3. The van der Waals surface area contributed by atoms with Gasteiger partial charge in [-0.1, -0.05) is 121 Å². The number of carboxylic acid groups (broad SMARTS) is 1. The van der Waals surface area contributed by atoms with Crippen LogP contribution in [0.3, 0.4) is 0 Å². The molecule has 3 N–H and O–H groups in total. The monoisotopic (exact) mass is 894 g/mol. The SMILES string of the molecule is COC(=O)c1cccc(COc2ccc(I)cc2)c1.O=C(O)c1cccc(COc2ccc(-c3cccc4ccccc34)cc2)c1.OB(O)c1cccc2ccccc12. The van der Waals surface area contributed by atoms with Crippen LogP contribution in [-0.4, -0.2) is 41.3 Å². The Balaban J connectivity index is 0.000000159. The lowest BCUT2D eigenvalue weighted by molar-refractivity contribution is 0.0599. The number of halogens is 1. The molecule has 0 radical (unpaired) electrons. The maximum absolute atomic E-state index is 11.4. The number of ether oxygens (including phenoxy) is 3. The average molecular weight is 895 g/mol. The van der Waals surface area contributed by atoms with E-state index in [2.05, 4.69) is 63.7 Å². The molecule has 0 atom stereocenters. The standard InChI is InChI=1S/C24H18O3.C15H13IO3.C10H9BO2/c25-24(26)20-8-3-5-17(15-20)16-27-21-13-11-19(12-14-21)23-10-4-7-18-6-1-2-9-22(18)23;1-18-15(17)12-4-2-3-11(9-12)10-19-14-7-5-13(16)6-8-14;12-11(13)10-7-3-5-8-4-1-2-6-9(8)10/h1-15H,16H2,(H,25,26);2-9H,10H2,1H3;1-7,12-13H. The molecule has 8 nitrogen and oxygen atoms in total. The molecule has 0 saturated heterocycles. The number of carboxylic acids is 1. The molecule has 8 aromatic carbocycles. The fourth-order valence-electron chi connectivity index (χ4n) is 6.25. The third kappa shape index (κ3) is 11.8. The zero-order valence-corrected chi connectivity index (χ0v) is 34.2. The van der Waals surface area contributed by atoms with E-state index < -0.39 is 13.1 Å². The number of fused-ring (bicyclic) bond motifs is 2. The number of aromatic carboxylic acids is 1. The molecule has 0 aliphatic carbocycles. The predicted molar refractivity (Wildman–Crippen MR) is 242 cm³/mol. The van der Waals surface area contributed by atoms with E-state index in [0.29, 0.717) is 24.2 Å². The van der Waals surface area contributed by atoms with Crippen molar-refractivity contribution in [3.8, 4) is 22.6 Å². The molecule has 0 amide bonds. The van der Waals surface area contributed by atoms with Crippen molar-refractivity contribution in [1.82, 2.24) is 0 Å². The summed E-state index contributed by atoms with van der Waals surface area (Å²) in [7, 11) is -0.0250. The van der Waals surface area contributed by atoms with Gasteiger partial charge in [0.25, 0.3) is 0 Å². The van der Waals surface area contributed by atoms with Crippen LogP contribution in [0.2, 0.25) is 0 Å². The zero-order valence-electron chi connectivity index (χ0n) is 32.1. The minimum absolute atomic E-state index is 0.266. The molecule has 0 aliphatic heterocycles. The second-order valence-electron chi connectivity index (χ2n) is 13.2. The zero-order chi connectivity index (χ0) is 41.6. The summed E-state index contributed by atoms with van der Waals surface area (Å²) in [6, 6.07) is 57.6. The Bertz CT molecular complexity index is 2640. The summed E-state index contributed by atoms with van der Waals surface area (Å²) in [6.07, 6.45) is 0. The van der Waals surface area contributed by atoms with E-state index in [1.165, 1.54) is 23.4 Å². The van der Waals surface area contributed by atoms with Gasteiger partial charge in [0.15, 0.2) is 0 Å². The van der Waals surface area contributed by atoms with E-state index in [4.69, 9.17) is 24.6 Å². The smallest absolute Gasteiger partial charge is 0.489 e. The highest BCUT2D eigenvalue weighted by Crippen LogP contribution is 2.30. The highest BCUT2D eigenvalue weighted by atomic mass is 127. The Kier molecular flexibility index (Phi) is 14.9. The number of carbonyl (C=O) groups is 2. The molecule has 0 aromatic heterocycles. The first-order valence-electron chi connectivity index (χ1n) is 18.6. The van der Waals surface area contributed by atoms with Crippen molar-refractivity contribution in [3.05, 3.63) is 208 Å². The summed E-state index contributed by atoms with van der Waals surface area (Å²) in [4.78, 5) is 22.5. The van der Waals surface area contributed by atoms with Crippen LogP contribution in [0.25, 0.3) is 32.7 Å². The second kappa shape index (κ2) is 20.8. The Hall–Kier alpha value is -6.47. The Morgan fingerprint density at radius 2 is 1.05 bits per heavy atom. The number of hydrogen-bond acceptors (Lipinski definition) is 7. The van der Waals surface area contributed by atoms with E-state index in [0.717, 1.165) is 42.5 Å². The Labute approximate surface area is 356 Å². The quantitative estimate of drug-likeness (QED) is 0.0705. The van der Waals surface area contributed by atoms with Crippen LogP contribution >= 0.6 is 22.6 Å². The van der Waals surface area contributed by atoms with E-state index in [1.807, 2.05) is 109 Å². The van der Waals surface area contributed by atoms with Crippen LogP contribution in [0.5, 0.6) is 11.5 Å². The third-order valence-electron chi connectivity index (χ3n) is 9.20. The van der Waals surface area contributed by atoms with Crippen molar-refractivity contribution in [2.75, 3.05) is 7.11 Å². The van der Waals surface area contributed by atoms with Crippen molar-refractivity contribution >= 4 is 68.7 Å². The molecule has 8 aromatic rings. The molecule has 0 saturated carbocycles. The summed E-state index contributed by atoms with van der Waals surface area (Å²) in [5, 5.41) is 31.6. The van der Waals surface area contributed by atoms with E-state index in [-0.39, 0.29) is 11.5 Å². The highest BCUT2D eigenvalue weighted by Gasteiger charge is 2.13. The van der Waals surface area contributed by atoms with Crippen LogP contribution in [-0.2, 0) is 18.0 Å². The number of rotatable bonds is 10. The Morgan fingerprint density at radius 1 is 0.559 bits per heavy atom. The van der Waals surface area contributed by atoms with Gasteiger partial charge in [0.05, 0.1) is 18.2 Å². The summed E-state index contributed by atoms with van der Waals surface area (Å²) in [5.74, 6) is 0.288. The first-order chi connectivity index (χ1) is 28.7. The van der Waals surface area contributed by atoms with Gasteiger partial charge in [-0.25, -0.2) is 9.59 Å². The molecular formula is C49H40BIO8. The van der Waals surface area contributed by atoms with Crippen molar-refractivity contribution < 1.29 is 39.0 Å². The summed E-state index contributed by atoms with van der Waals surface area (Å²) >= 11 is 2.25. The summed E-state index contributed by atoms with van der Waals surface area (Å²) in [6.45, 7) is 0.750. The van der Waals surface area contributed by atoms with Crippen molar-refractivity contribution in [2.24, 2.45) is 0 Å². The molecule has 0 aliphatic rings. The van der Waals surface area contributed by atoms with E-state index >= 15 is 0 Å². The lowest BCUT2D eigenvalue weighted by atomic mass is 9.77. The second-order valence-corrected chi connectivity index (χ2v) is 14.5. The minimum atomic E-state index is -1.40. The van der Waals surface area contributed by atoms with Gasteiger partial charge in [0.2, 0.25) is 0 Å². The number of hydrogen-bond donors (Lipinski definition) is 3. The molecule has 59 heavy (non-hydrogen) atoms. The molecule has 294 valence electrons. The minimum Gasteiger partial charge on any atom is -0.489 e. The van der Waals surface area contributed by atoms with Crippen molar-refractivity contribution in [3.63, 3.8) is 0 Å². The molecule has 0 spiro atoms. The molecular weight excluding hydrogens is 854 g/mol. The van der Waals surface area contributed by atoms with Crippen molar-refractivity contribution in [1.29, 1.82) is 0 Å². The van der Waals surface area contributed by atoms with Gasteiger partial charge >= 0.3 is 19.1 Å². The number of methoxy groups -OCH3 is 1. The van der Waals surface area contributed by atoms with Gasteiger partial charge in [0, 0.05) is 3.57 Å². The van der Waals surface area contributed by atoms with Gasteiger partial charge in [-0.15, -0.1) is 0 Å². The first kappa shape index (κ1) is 42.1. The average Bonchev–Trinajstić information content (AvgIpc) is 3.28. The molecule has 0 unspecified atom stereocenters. The van der Waals surface area contributed by atoms with E-state index in [1.54, 1.807) is 36.4 Å². The normalized spacial score (nSPS) is 10.4. The van der Waals surface area contributed by atoms with Gasteiger partial charge < -0.3 is 29.4 Å². The van der Waals surface area contributed by atoms with Crippen LogP contribution in [0.1, 0.15) is 31.8 Å². The molecule has 0 bridgehead atoms. The topological polar surface area (TPSA) is 123 Å². The summed E-state index contributed by atoms with van der Waals surface area (Å²) in [5.41, 5.74) is 5.43.